The Hall–Kier alpha value is -3.29. The molecule has 2 heterocycles. The molecule has 2 aromatic carbocycles. The van der Waals surface area contributed by atoms with Crippen LogP contribution in [0.2, 0.25) is 0 Å². The molecule has 1 amide bonds. The maximum Gasteiger partial charge on any atom is 0.228 e. The summed E-state index contributed by atoms with van der Waals surface area (Å²) in [5, 5.41) is 18.7. The number of methoxy groups -OCH3 is 1. The molecule has 1 saturated heterocycles. The Labute approximate surface area is 194 Å². The van der Waals surface area contributed by atoms with Gasteiger partial charge >= 0.3 is 0 Å². The molecule has 7 heteroatoms. The molecule has 1 N–H and O–H groups in total. The number of aliphatic hydroxyl groups is 1. The van der Waals surface area contributed by atoms with E-state index in [0.29, 0.717) is 18.7 Å². The molecule has 172 valence electrons. The van der Waals surface area contributed by atoms with Crippen LogP contribution in [0.4, 0.5) is 5.69 Å². The number of amides is 1. The van der Waals surface area contributed by atoms with Crippen LogP contribution in [0.1, 0.15) is 48.8 Å². The van der Waals surface area contributed by atoms with Crippen molar-refractivity contribution in [3.63, 3.8) is 0 Å². The standard InChI is InChI=1S/C26H30N4O3/c1-19(26(33-2)21-11-13-22(14-12-21)30-17-15-24(30)31)8-6-7-16-29-18-23(27-28-29)25(32)20-9-4-3-5-10-20/h3-6,8-14,18-19,25-26,32H,7,15-17H2,1-2H3/b8-6+/t19-,25-,26+/m1/s1. The number of hydrogen-bond acceptors (Lipinski definition) is 5. The minimum atomic E-state index is -0.774. The third-order valence-corrected chi connectivity index (χ3v) is 6.03. The van der Waals surface area contributed by atoms with Gasteiger partial charge in [0, 0.05) is 38.2 Å². The fourth-order valence-corrected chi connectivity index (χ4v) is 4.06. The first kappa shape index (κ1) is 22.9. The Bertz CT molecular complexity index is 1080. The van der Waals surface area contributed by atoms with Gasteiger partial charge in [0.05, 0.1) is 12.3 Å². The van der Waals surface area contributed by atoms with Crippen LogP contribution < -0.4 is 4.90 Å². The fourth-order valence-electron chi connectivity index (χ4n) is 4.06. The number of allylic oxidation sites excluding steroid dienone is 1. The van der Waals surface area contributed by atoms with Crippen molar-refractivity contribution in [2.75, 3.05) is 18.6 Å². The number of ether oxygens (including phenoxy) is 1. The van der Waals surface area contributed by atoms with Gasteiger partial charge in [0.2, 0.25) is 5.91 Å². The van der Waals surface area contributed by atoms with Crippen LogP contribution in [0.5, 0.6) is 0 Å². The monoisotopic (exact) mass is 446 g/mol. The van der Waals surface area contributed by atoms with Gasteiger partial charge in [-0.25, -0.2) is 0 Å². The number of hydrogen-bond donors (Lipinski definition) is 1. The molecule has 0 unspecified atom stereocenters. The molecule has 1 aliphatic heterocycles. The quantitative estimate of drug-likeness (QED) is 0.375. The summed E-state index contributed by atoms with van der Waals surface area (Å²) in [5.74, 6) is 0.356. The molecule has 33 heavy (non-hydrogen) atoms. The molecule has 0 spiro atoms. The number of nitrogens with zero attached hydrogens (tertiary/aromatic N) is 4. The molecular weight excluding hydrogens is 416 g/mol. The van der Waals surface area contributed by atoms with Gasteiger partial charge < -0.3 is 14.7 Å². The van der Waals surface area contributed by atoms with E-state index in [9.17, 15) is 9.90 Å². The third kappa shape index (κ3) is 5.38. The van der Waals surface area contributed by atoms with Crippen molar-refractivity contribution in [1.82, 2.24) is 15.0 Å². The maximum absolute atomic E-state index is 11.6. The smallest absolute Gasteiger partial charge is 0.228 e. The van der Waals surface area contributed by atoms with Crippen molar-refractivity contribution in [3.8, 4) is 0 Å². The van der Waals surface area contributed by atoms with Crippen molar-refractivity contribution < 1.29 is 14.6 Å². The number of benzene rings is 2. The number of aromatic nitrogens is 3. The molecule has 0 radical (unpaired) electrons. The van der Waals surface area contributed by atoms with Crippen molar-refractivity contribution in [3.05, 3.63) is 89.8 Å². The summed E-state index contributed by atoms with van der Waals surface area (Å²) >= 11 is 0. The molecule has 0 saturated carbocycles. The molecule has 0 bridgehead atoms. The number of aryl methyl sites for hydroxylation is 1. The van der Waals surface area contributed by atoms with Crippen LogP contribution in [-0.2, 0) is 16.1 Å². The highest BCUT2D eigenvalue weighted by molar-refractivity contribution is 5.99. The van der Waals surface area contributed by atoms with Crippen LogP contribution >= 0.6 is 0 Å². The summed E-state index contributed by atoms with van der Waals surface area (Å²) in [6.45, 7) is 3.60. The first-order chi connectivity index (χ1) is 16.1. The second kappa shape index (κ2) is 10.6. The number of aliphatic hydroxyl groups excluding tert-OH is 1. The molecule has 0 aliphatic carbocycles. The van der Waals surface area contributed by atoms with Crippen LogP contribution in [0.25, 0.3) is 0 Å². The normalized spacial score (nSPS) is 16.6. The number of rotatable bonds is 10. The van der Waals surface area contributed by atoms with Gasteiger partial charge in [0.25, 0.3) is 0 Å². The van der Waals surface area contributed by atoms with Gasteiger partial charge in [-0.2, -0.15) is 0 Å². The van der Waals surface area contributed by atoms with E-state index in [1.807, 2.05) is 54.6 Å². The Morgan fingerprint density at radius 1 is 1.12 bits per heavy atom. The summed E-state index contributed by atoms with van der Waals surface area (Å²) in [5.41, 5.74) is 3.37. The molecule has 1 aromatic heterocycles. The topological polar surface area (TPSA) is 80.5 Å². The van der Waals surface area contributed by atoms with Crippen LogP contribution in [0.15, 0.2) is 72.9 Å². The number of carbonyl (C=O) groups is 1. The molecule has 3 atom stereocenters. The van der Waals surface area contributed by atoms with Crippen LogP contribution in [0.3, 0.4) is 0 Å². The highest BCUT2D eigenvalue weighted by Gasteiger charge is 2.25. The van der Waals surface area contributed by atoms with Gasteiger partial charge in [-0.3, -0.25) is 9.48 Å². The van der Waals surface area contributed by atoms with Gasteiger partial charge in [0.1, 0.15) is 11.8 Å². The second-order valence-electron chi connectivity index (χ2n) is 8.34. The van der Waals surface area contributed by atoms with Gasteiger partial charge in [0.15, 0.2) is 0 Å². The van der Waals surface area contributed by atoms with Crippen molar-refractivity contribution in [2.24, 2.45) is 5.92 Å². The largest absolute Gasteiger partial charge is 0.382 e. The van der Waals surface area contributed by atoms with E-state index in [4.69, 9.17) is 4.74 Å². The minimum absolute atomic E-state index is 0.0682. The molecule has 7 nitrogen and oxygen atoms in total. The zero-order valence-corrected chi connectivity index (χ0v) is 19.0. The average molecular weight is 447 g/mol. The van der Waals surface area contributed by atoms with Gasteiger partial charge in [-0.1, -0.05) is 66.8 Å². The summed E-state index contributed by atoms with van der Waals surface area (Å²) in [4.78, 5) is 13.4. The number of anilines is 1. The molecule has 4 rings (SSSR count). The highest BCUT2D eigenvalue weighted by Crippen LogP contribution is 2.29. The van der Waals surface area contributed by atoms with E-state index < -0.39 is 6.10 Å². The predicted molar refractivity (Wildman–Crippen MR) is 127 cm³/mol. The molecular formula is C26H30N4O3. The van der Waals surface area contributed by atoms with Crippen molar-refractivity contribution in [1.29, 1.82) is 0 Å². The summed E-state index contributed by atoms with van der Waals surface area (Å²) in [6.07, 6.45) is 6.65. The van der Waals surface area contributed by atoms with Crippen molar-refractivity contribution >= 4 is 11.6 Å². The van der Waals surface area contributed by atoms with Crippen molar-refractivity contribution in [2.45, 2.75) is 38.5 Å². The zero-order valence-electron chi connectivity index (χ0n) is 19.0. The highest BCUT2D eigenvalue weighted by atomic mass is 16.5. The summed E-state index contributed by atoms with van der Waals surface area (Å²) in [7, 11) is 1.72. The first-order valence-corrected chi connectivity index (χ1v) is 11.3. The van der Waals surface area contributed by atoms with Crippen LogP contribution in [-0.4, -0.2) is 39.7 Å². The molecule has 1 fully saturated rings. The Morgan fingerprint density at radius 2 is 1.88 bits per heavy atom. The Kier molecular flexibility index (Phi) is 7.32. The number of β-lactam (4-membered cyclic amide) rings is 1. The zero-order chi connectivity index (χ0) is 23.2. The van der Waals surface area contributed by atoms with E-state index >= 15 is 0 Å². The lowest BCUT2D eigenvalue weighted by Gasteiger charge is -2.31. The Morgan fingerprint density at radius 3 is 2.52 bits per heavy atom. The first-order valence-electron chi connectivity index (χ1n) is 11.3. The van der Waals surface area contributed by atoms with Gasteiger partial charge in [-0.15, -0.1) is 5.10 Å². The lowest BCUT2D eigenvalue weighted by atomic mass is 9.96. The lowest BCUT2D eigenvalue weighted by Crippen LogP contribution is -2.43. The molecule has 3 aromatic rings. The SMILES string of the molecule is CO[C@H](c1ccc(N2CCC2=O)cc1)[C@H](C)/C=C/CCn1cc([C@H](O)c2ccccc2)nn1. The Balaban J connectivity index is 1.30. The average Bonchev–Trinajstić information content (AvgIpc) is 3.31. The predicted octanol–water partition coefficient (Wildman–Crippen LogP) is 4.07. The molecule has 1 aliphatic rings. The van der Waals surface area contributed by atoms with E-state index in [1.165, 1.54) is 0 Å². The lowest BCUT2D eigenvalue weighted by molar-refractivity contribution is -0.122. The van der Waals surface area contributed by atoms with E-state index in [0.717, 1.165) is 29.8 Å². The number of carbonyl (C=O) groups excluding carboxylic acids is 1. The van der Waals surface area contributed by atoms with E-state index in [2.05, 4.69) is 29.4 Å². The van der Waals surface area contributed by atoms with E-state index in [1.54, 1.807) is 22.9 Å². The maximum atomic E-state index is 11.6. The third-order valence-electron chi connectivity index (χ3n) is 6.03. The van der Waals surface area contributed by atoms with E-state index in [-0.39, 0.29) is 17.9 Å². The van der Waals surface area contributed by atoms with Crippen LogP contribution in [0, 0.1) is 5.92 Å². The summed E-state index contributed by atoms with van der Waals surface area (Å²) < 4.78 is 7.51. The minimum Gasteiger partial charge on any atom is -0.382 e. The summed E-state index contributed by atoms with van der Waals surface area (Å²) in [6, 6.07) is 17.5. The van der Waals surface area contributed by atoms with Gasteiger partial charge in [-0.05, 0) is 29.7 Å². The fraction of sp³-hybridized carbons (Fsp3) is 0.346. The second-order valence-corrected chi connectivity index (χ2v) is 8.34.